The zero-order valence-electron chi connectivity index (χ0n) is 15.5. The van der Waals surface area contributed by atoms with Gasteiger partial charge in [-0.05, 0) is 12.1 Å². The SMILES string of the molecule is CN(C)C(=O)C1CN(Cc2cncc(-c3ccc(Cl)c(OC(F)F)c3)n2)C(=O)O1. The molecule has 29 heavy (non-hydrogen) atoms. The molecule has 0 spiro atoms. The van der Waals surface area contributed by atoms with E-state index >= 15 is 0 Å². The highest BCUT2D eigenvalue weighted by Gasteiger charge is 2.37. The van der Waals surface area contributed by atoms with E-state index in [-0.39, 0.29) is 29.8 Å². The Hall–Kier alpha value is -3.01. The molecule has 1 saturated heterocycles. The van der Waals surface area contributed by atoms with Crippen LogP contribution >= 0.6 is 11.6 Å². The Kier molecular flexibility index (Phi) is 6.12. The number of aromatic nitrogens is 2. The van der Waals surface area contributed by atoms with Crippen LogP contribution in [0.25, 0.3) is 11.3 Å². The number of alkyl halides is 2. The van der Waals surface area contributed by atoms with E-state index in [4.69, 9.17) is 16.3 Å². The summed E-state index contributed by atoms with van der Waals surface area (Å²) in [5.41, 5.74) is 1.28. The molecule has 2 aromatic rings. The van der Waals surface area contributed by atoms with Gasteiger partial charge in [-0.15, -0.1) is 0 Å². The summed E-state index contributed by atoms with van der Waals surface area (Å²) in [4.78, 5) is 35.2. The summed E-state index contributed by atoms with van der Waals surface area (Å²) in [5, 5.41) is 0.0366. The minimum Gasteiger partial charge on any atom is -0.434 e. The minimum absolute atomic E-state index is 0.0366. The second kappa shape index (κ2) is 8.56. The van der Waals surface area contributed by atoms with Crippen molar-refractivity contribution in [2.24, 2.45) is 0 Å². The molecule has 1 aromatic heterocycles. The topological polar surface area (TPSA) is 84.9 Å². The van der Waals surface area contributed by atoms with E-state index in [2.05, 4.69) is 14.7 Å². The average molecular weight is 427 g/mol. The Balaban J connectivity index is 1.77. The molecule has 1 unspecified atom stereocenters. The lowest BCUT2D eigenvalue weighted by molar-refractivity contribution is -0.135. The number of rotatable bonds is 6. The molecular formula is C18H17ClF2N4O4. The fourth-order valence-corrected chi connectivity index (χ4v) is 2.88. The molecule has 8 nitrogen and oxygen atoms in total. The van der Waals surface area contributed by atoms with Crippen LogP contribution in [0.2, 0.25) is 5.02 Å². The summed E-state index contributed by atoms with van der Waals surface area (Å²) >= 11 is 5.87. The minimum atomic E-state index is -3.01. The second-order valence-electron chi connectivity index (χ2n) is 6.40. The number of likely N-dealkylation sites (N-methyl/N-ethyl adjacent to an activating group) is 1. The van der Waals surface area contributed by atoms with E-state index < -0.39 is 18.8 Å². The molecule has 3 rings (SSSR count). The molecule has 0 N–H and O–H groups in total. The van der Waals surface area contributed by atoms with Crippen molar-refractivity contribution in [2.75, 3.05) is 20.6 Å². The Morgan fingerprint density at radius 2 is 2.17 bits per heavy atom. The fraction of sp³-hybridized carbons (Fsp3) is 0.333. The zero-order valence-corrected chi connectivity index (χ0v) is 16.3. The molecular weight excluding hydrogens is 410 g/mol. The summed E-state index contributed by atoms with van der Waals surface area (Å²) in [6, 6.07) is 4.33. The molecule has 2 heterocycles. The zero-order chi connectivity index (χ0) is 21.1. The number of amides is 2. The predicted octanol–water partition coefficient (Wildman–Crippen LogP) is 2.81. The Morgan fingerprint density at radius 3 is 2.86 bits per heavy atom. The van der Waals surface area contributed by atoms with Gasteiger partial charge in [0, 0.05) is 19.7 Å². The highest BCUT2D eigenvalue weighted by molar-refractivity contribution is 6.32. The van der Waals surface area contributed by atoms with Gasteiger partial charge in [0.15, 0.2) is 6.10 Å². The highest BCUT2D eigenvalue weighted by Crippen LogP contribution is 2.31. The van der Waals surface area contributed by atoms with Crippen LogP contribution in [0.1, 0.15) is 5.69 Å². The first-order chi connectivity index (χ1) is 13.7. The molecule has 1 atom stereocenters. The van der Waals surface area contributed by atoms with Crippen LogP contribution < -0.4 is 4.74 Å². The molecule has 1 aliphatic rings. The first-order valence-corrected chi connectivity index (χ1v) is 8.84. The summed E-state index contributed by atoms with van der Waals surface area (Å²) in [5.74, 6) is -0.493. The van der Waals surface area contributed by atoms with Gasteiger partial charge >= 0.3 is 12.7 Å². The van der Waals surface area contributed by atoms with Gasteiger partial charge in [0.1, 0.15) is 5.75 Å². The number of hydrogen-bond acceptors (Lipinski definition) is 6. The third kappa shape index (κ3) is 4.89. The lowest BCUT2D eigenvalue weighted by atomic mass is 10.1. The maximum absolute atomic E-state index is 12.5. The van der Waals surface area contributed by atoms with Crippen LogP contribution in [0.5, 0.6) is 5.75 Å². The molecule has 1 aliphatic heterocycles. The van der Waals surface area contributed by atoms with Crippen molar-refractivity contribution in [1.82, 2.24) is 19.8 Å². The smallest absolute Gasteiger partial charge is 0.411 e. The standard InChI is InChI=1S/C18H17ClF2N4O4/c1-24(2)16(26)15-9-25(18(27)29-15)8-11-6-22-7-13(23-11)10-3-4-12(19)14(5-10)28-17(20)21/h3-7,15,17H,8-9H2,1-2H3. The lowest BCUT2D eigenvalue weighted by Gasteiger charge is -2.15. The first kappa shape index (κ1) is 20.7. The monoisotopic (exact) mass is 426 g/mol. The number of halogens is 3. The normalized spacial score (nSPS) is 16.1. The lowest BCUT2D eigenvalue weighted by Crippen LogP contribution is -2.36. The molecule has 1 fully saturated rings. The van der Waals surface area contributed by atoms with Gasteiger partial charge in [0.25, 0.3) is 5.91 Å². The molecule has 0 saturated carbocycles. The average Bonchev–Trinajstić information content (AvgIpc) is 3.03. The summed E-state index contributed by atoms with van der Waals surface area (Å²) in [6.45, 7) is -2.85. The Morgan fingerprint density at radius 1 is 1.41 bits per heavy atom. The third-order valence-electron chi connectivity index (χ3n) is 4.08. The number of ether oxygens (including phenoxy) is 2. The van der Waals surface area contributed by atoms with E-state index in [0.717, 1.165) is 0 Å². The van der Waals surface area contributed by atoms with Crippen molar-refractivity contribution in [3.05, 3.63) is 41.3 Å². The molecule has 0 bridgehead atoms. The van der Waals surface area contributed by atoms with Gasteiger partial charge < -0.3 is 14.4 Å². The predicted molar refractivity (Wildman–Crippen MR) is 98.5 cm³/mol. The van der Waals surface area contributed by atoms with Gasteiger partial charge in [-0.2, -0.15) is 8.78 Å². The number of cyclic esters (lactones) is 1. The number of carbonyl (C=O) groups is 2. The van der Waals surface area contributed by atoms with Crippen LogP contribution in [0, 0.1) is 0 Å². The van der Waals surface area contributed by atoms with Crippen molar-refractivity contribution < 1.29 is 27.8 Å². The van der Waals surface area contributed by atoms with E-state index in [1.54, 1.807) is 20.2 Å². The molecule has 0 aliphatic carbocycles. The van der Waals surface area contributed by atoms with Gasteiger partial charge in [-0.25, -0.2) is 9.78 Å². The first-order valence-electron chi connectivity index (χ1n) is 8.47. The quantitative estimate of drug-likeness (QED) is 0.706. The van der Waals surface area contributed by atoms with Gasteiger partial charge in [-0.1, -0.05) is 17.7 Å². The van der Waals surface area contributed by atoms with E-state index in [0.29, 0.717) is 17.0 Å². The van der Waals surface area contributed by atoms with E-state index in [9.17, 15) is 18.4 Å². The van der Waals surface area contributed by atoms with Crippen molar-refractivity contribution in [3.63, 3.8) is 0 Å². The van der Waals surface area contributed by atoms with Crippen molar-refractivity contribution in [3.8, 4) is 17.0 Å². The van der Waals surface area contributed by atoms with Crippen LogP contribution in [-0.2, 0) is 16.1 Å². The van der Waals surface area contributed by atoms with Gasteiger partial charge in [0.2, 0.25) is 0 Å². The number of hydrogen-bond donors (Lipinski definition) is 0. The van der Waals surface area contributed by atoms with Crippen LogP contribution in [0.4, 0.5) is 13.6 Å². The summed E-state index contributed by atoms with van der Waals surface area (Å²) < 4.78 is 34.5. The molecule has 0 radical (unpaired) electrons. The Bertz CT molecular complexity index is 928. The van der Waals surface area contributed by atoms with Crippen LogP contribution in [-0.4, -0.2) is 65.1 Å². The summed E-state index contributed by atoms with van der Waals surface area (Å²) in [7, 11) is 3.15. The van der Waals surface area contributed by atoms with Crippen molar-refractivity contribution in [1.29, 1.82) is 0 Å². The third-order valence-corrected chi connectivity index (χ3v) is 4.40. The number of carbonyl (C=O) groups excluding carboxylic acids is 2. The van der Waals surface area contributed by atoms with Crippen molar-refractivity contribution >= 4 is 23.6 Å². The van der Waals surface area contributed by atoms with E-state index in [1.807, 2.05) is 0 Å². The second-order valence-corrected chi connectivity index (χ2v) is 6.81. The van der Waals surface area contributed by atoms with Crippen molar-refractivity contribution in [2.45, 2.75) is 19.3 Å². The van der Waals surface area contributed by atoms with Gasteiger partial charge in [0.05, 0.1) is 41.9 Å². The number of nitrogens with zero attached hydrogens (tertiary/aromatic N) is 4. The van der Waals surface area contributed by atoms with Crippen LogP contribution in [0.15, 0.2) is 30.6 Å². The molecule has 154 valence electrons. The highest BCUT2D eigenvalue weighted by atomic mass is 35.5. The maximum atomic E-state index is 12.5. The largest absolute Gasteiger partial charge is 0.434 e. The number of benzene rings is 1. The fourth-order valence-electron chi connectivity index (χ4n) is 2.72. The Labute approximate surface area is 170 Å². The maximum Gasteiger partial charge on any atom is 0.411 e. The molecule has 11 heteroatoms. The van der Waals surface area contributed by atoms with E-state index in [1.165, 1.54) is 34.3 Å². The molecule has 1 aromatic carbocycles. The summed E-state index contributed by atoms with van der Waals surface area (Å²) in [6.07, 6.45) is 1.40. The molecule has 2 amide bonds. The van der Waals surface area contributed by atoms with Gasteiger partial charge in [-0.3, -0.25) is 14.7 Å². The van der Waals surface area contributed by atoms with Crippen LogP contribution in [0.3, 0.4) is 0 Å².